The van der Waals surface area contributed by atoms with Gasteiger partial charge in [-0.15, -0.1) is 23.1 Å². The monoisotopic (exact) mass is 401 g/mol. The topological polar surface area (TPSA) is 71.1 Å². The number of hydrogen-bond acceptors (Lipinski definition) is 5. The highest BCUT2D eigenvalue weighted by Gasteiger charge is 2.11. The molecule has 0 unspecified atom stereocenters. The van der Waals surface area contributed by atoms with E-state index in [4.69, 9.17) is 0 Å². The molecule has 8 heteroatoms. The van der Waals surface area contributed by atoms with Crippen molar-refractivity contribution in [1.82, 2.24) is 4.98 Å². The predicted octanol–water partition coefficient (Wildman–Crippen LogP) is 4.57. The zero-order chi connectivity index (χ0) is 19.2. The number of nitrogens with zero attached hydrogens (tertiary/aromatic N) is 1. The summed E-state index contributed by atoms with van der Waals surface area (Å²) in [6, 6.07) is 12.8. The van der Waals surface area contributed by atoms with E-state index in [1.165, 1.54) is 41.3 Å². The first-order valence-electron chi connectivity index (χ1n) is 8.02. The maximum atomic E-state index is 13.6. The Bertz CT molecular complexity index is 958. The average molecular weight is 401 g/mol. The molecule has 0 atom stereocenters. The summed E-state index contributed by atoms with van der Waals surface area (Å²) in [5.74, 6) is -0.957. The van der Waals surface area contributed by atoms with Crippen LogP contribution in [-0.4, -0.2) is 22.6 Å². The van der Waals surface area contributed by atoms with Crippen LogP contribution in [0.15, 0.2) is 58.8 Å². The lowest BCUT2D eigenvalue weighted by molar-refractivity contribution is -0.113. The number of hydrogen-bond donors (Lipinski definition) is 2. The van der Waals surface area contributed by atoms with Gasteiger partial charge in [-0.3, -0.25) is 9.59 Å². The summed E-state index contributed by atoms with van der Waals surface area (Å²) in [4.78, 5) is 29.1. The minimum atomic E-state index is -0.566. The molecule has 1 aromatic heterocycles. The van der Waals surface area contributed by atoms with Crippen LogP contribution in [0.25, 0.3) is 0 Å². The summed E-state index contributed by atoms with van der Waals surface area (Å²) in [7, 11) is 0. The van der Waals surface area contributed by atoms with Crippen molar-refractivity contribution in [3.8, 4) is 0 Å². The third-order valence-corrected chi connectivity index (χ3v) is 5.35. The molecule has 0 fully saturated rings. The van der Waals surface area contributed by atoms with Crippen molar-refractivity contribution >= 4 is 45.7 Å². The Labute approximate surface area is 164 Å². The van der Waals surface area contributed by atoms with Gasteiger partial charge in [-0.1, -0.05) is 12.1 Å². The maximum absolute atomic E-state index is 13.6. The minimum Gasteiger partial charge on any atom is -0.322 e. The zero-order valence-electron chi connectivity index (χ0n) is 14.4. The number of nitrogens with one attached hydrogen (secondary N) is 2. The second-order valence-corrected chi connectivity index (χ2v) is 7.50. The van der Waals surface area contributed by atoms with Crippen molar-refractivity contribution in [2.45, 2.75) is 11.8 Å². The van der Waals surface area contributed by atoms with Crippen LogP contribution in [0.4, 0.5) is 15.2 Å². The van der Waals surface area contributed by atoms with Gasteiger partial charge in [0, 0.05) is 16.0 Å². The largest absolute Gasteiger partial charge is 0.322 e. The molecular formula is C19H16FN3O2S2. The van der Waals surface area contributed by atoms with Gasteiger partial charge in [0.15, 0.2) is 5.13 Å². The highest BCUT2D eigenvalue weighted by atomic mass is 32.2. The standard InChI is InChI=1S/C19H16FN3O2S2/c1-12-10-27-19(21-12)23-17(24)11-26-14-8-6-13(7-9-14)22-18(25)15-4-2-3-5-16(15)20/h2-10H,11H2,1H3,(H,22,25)(H,21,23,24). The molecule has 0 aliphatic heterocycles. The Balaban J connectivity index is 1.52. The van der Waals surface area contributed by atoms with E-state index in [0.29, 0.717) is 10.8 Å². The average Bonchev–Trinajstić information content (AvgIpc) is 3.06. The van der Waals surface area contributed by atoms with Crippen LogP contribution >= 0.6 is 23.1 Å². The lowest BCUT2D eigenvalue weighted by atomic mass is 10.2. The second-order valence-electron chi connectivity index (χ2n) is 5.59. The first-order chi connectivity index (χ1) is 13.0. The molecule has 0 aliphatic rings. The normalized spacial score (nSPS) is 10.4. The van der Waals surface area contributed by atoms with E-state index in [1.807, 2.05) is 12.3 Å². The first-order valence-corrected chi connectivity index (χ1v) is 9.88. The molecule has 2 N–H and O–H groups in total. The summed E-state index contributed by atoms with van der Waals surface area (Å²) in [6.07, 6.45) is 0. The summed E-state index contributed by atoms with van der Waals surface area (Å²) in [6.45, 7) is 1.87. The highest BCUT2D eigenvalue weighted by Crippen LogP contribution is 2.22. The van der Waals surface area contributed by atoms with Gasteiger partial charge < -0.3 is 10.6 Å². The molecule has 0 saturated heterocycles. The fourth-order valence-electron chi connectivity index (χ4n) is 2.19. The number of benzene rings is 2. The smallest absolute Gasteiger partial charge is 0.258 e. The Hall–Kier alpha value is -2.71. The van der Waals surface area contributed by atoms with Crippen LogP contribution in [0.3, 0.4) is 0 Å². The number of aryl methyl sites for hydroxylation is 1. The van der Waals surface area contributed by atoms with Crippen LogP contribution in [0.2, 0.25) is 0 Å². The van der Waals surface area contributed by atoms with Gasteiger partial charge in [0.05, 0.1) is 17.0 Å². The Morgan fingerprint density at radius 2 is 1.85 bits per heavy atom. The van der Waals surface area contributed by atoms with Crippen LogP contribution in [0.1, 0.15) is 16.1 Å². The van der Waals surface area contributed by atoms with Crippen LogP contribution in [-0.2, 0) is 4.79 Å². The number of amides is 2. The number of carbonyl (C=O) groups is 2. The lowest BCUT2D eigenvalue weighted by Crippen LogP contribution is -2.14. The van der Waals surface area contributed by atoms with Crippen molar-refractivity contribution in [1.29, 1.82) is 0 Å². The van der Waals surface area contributed by atoms with E-state index in [9.17, 15) is 14.0 Å². The molecule has 0 saturated carbocycles. The molecule has 5 nitrogen and oxygen atoms in total. The zero-order valence-corrected chi connectivity index (χ0v) is 16.0. The predicted molar refractivity (Wildman–Crippen MR) is 107 cm³/mol. The van der Waals surface area contributed by atoms with Crippen LogP contribution in [0, 0.1) is 12.7 Å². The Kier molecular flexibility index (Phi) is 6.20. The van der Waals surface area contributed by atoms with Crippen molar-refractivity contribution in [2.24, 2.45) is 0 Å². The quantitative estimate of drug-likeness (QED) is 0.594. The molecule has 27 heavy (non-hydrogen) atoms. The van der Waals surface area contributed by atoms with Gasteiger partial charge in [0.2, 0.25) is 5.91 Å². The van der Waals surface area contributed by atoms with Gasteiger partial charge in [-0.05, 0) is 43.3 Å². The molecular weight excluding hydrogens is 385 g/mol. The SMILES string of the molecule is Cc1csc(NC(=O)CSc2ccc(NC(=O)c3ccccc3F)cc2)n1. The van der Waals surface area contributed by atoms with Crippen molar-refractivity contribution in [3.05, 3.63) is 71.0 Å². The van der Waals surface area contributed by atoms with Gasteiger partial charge in [-0.2, -0.15) is 0 Å². The summed E-state index contributed by atoms with van der Waals surface area (Å²) in [5, 5.41) is 7.86. The van der Waals surface area contributed by atoms with Gasteiger partial charge in [-0.25, -0.2) is 9.37 Å². The first kappa shape index (κ1) is 19.1. The molecule has 2 aromatic carbocycles. The molecule has 0 bridgehead atoms. The van der Waals surface area contributed by atoms with E-state index in [2.05, 4.69) is 15.6 Å². The molecule has 3 aromatic rings. The number of rotatable bonds is 6. The number of halogens is 1. The molecule has 0 spiro atoms. The van der Waals surface area contributed by atoms with E-state index >= 15 is 0 Å². The summed E-state index contributed by atoms with van der Waals surface area (Å²) < 4.78 is 13.6. The summed E-state index contributed by atoms with van der Waals surface area (Å²) >= 11 is 2.76. The number of thiazole rings is 1. The van der Waals surface area contributed by atoms with E-state index in [0.717, 1.165) is 10.6 Å². The van der Waals surface area contributed by atoms with Crippen LogP contribution in [0.5, 0.6) is 0 Å². The minimum absolute atomic E-state index is 0.00922. The molecule has 1 heterocycles. The number of thioether (sulfide) groups is 1. The molecule has 2 amide bonds. The number of carbonyl (C=O) groups excluding carboxylic acids is 2. The number of aromatic nitrogens is 1. The van der Waals surface area contributed by atoms with Gasteiger partial charge in [0.25, 0.3) is 5.91 Å². The van der Waals surface area contributed by atoms with Gasteiger partial charge >= 0.3 is 0 Å². The Morgan fingerprint density at radius 3 is 2.52 bits per heavy atom. The molecule has 0 aliphatic carbocycles. The molecule has 3 rings (SSSR count). The second kappa shape index (κ2) is 8.79. The van der Waals surface area contributed by atoms with Crippen molar-refractivity contribution in [2.75, 3.05) is 16.4 Å². The van der Waals surface area contributed by atoms with E-state index < -0.39 is 11.7 Å². The fourth-order valence-corrected chi connectivity index (χ4v) is 3.60. The van der Waals surface area contributed by atoms with Crippen molar-refractivity contribution in [3.63, 3.8) is 0 Å². The van der Waals surface area contributed by atoms with E-state index in [-0.39, 0.29) is 17.2 Å². The number of anilines is 2. The van der Waals surface area contributed by atoms with Crippen LogP contribution < -0.4 is 10.6 Å². The van der Waals surface area contributed by atoms with E-state index in [1.54, 1.807) is 30.3 Å². The van der Waals surface area contributed by atoms with Gasteiger partial charge in [0.1, 0.15) is 5.82 Å². The third kappa shape index (κ3) is 5.38. The highest BCUT2D eigenvalue weighted by molar-refractivity contribution is 8.00. The van der Waals surface area contributed by atoms with Crippen molar-refractivity contribution < 1.29 is 14.0 Å². The maximum Gasteiger partial charge on any atom is 0.258 e. The molecule has 138 valence electrons. The fraction of sp³-hybridized carbons (Fsp3) is 0.105. The summed E-state index contributed by atoms with van der Waals surface area (Å²) in [5.41, 5.74) is 1.41. The molecule has 0 radical (unpaired) electrons. The Morgan fingerprint density at radius 1 is 1.11 bits per heavy atom. The third-order valence-electron chi connectivity index (χ3n) is 3.47. The lowest BCUT2D eigenvalue weighted by Gasteiger charge is -2.07.